The van der Waals surface area contributed by atoms with Crippen LogP contribution in [0.4, 0.5) is 0 Å². The highest BCUT2D eigenvalue weighted by Gasteiger charge is 2.15. The number of rotatable bonds is 6. The van der Waals surface area contributed by atoms with E-state index in [0.29, 0.717) is 0 Å². The van der Waals surface area contributed by atoms with Crippen molar-refractivity contribution in [3.63, 3.8) is 0 Å². The molecule has 2 heteroatoms. The highest BCUT2D eigenvalue weighted by atomic mass is 15.0. The molecule has 0 spiro atoms. The Hall–Kier alpha value is -4.95. The van der Waals surface area contributed by atoms with Gasteiger partial charge in [-0.15, -0.1) is 0 Å². The summed E-state index contributed by atoms with van der Waals surface area (Å²) in [5.74, 6) is 0. The summed E-state index contributed by atoms with van der Waals surface area (Å²) in [6.07, 6.45) is 6.18. The fraction of sp³-hybridized carbons (Fsp3) is 0.0541. The van der Waals surface area contributed by atoms with E-state index in [2.05, 4.69) is 146 Å². The van der Waals surface area contributed by atoms with Crippen molar-refractivity contribution >= 4 is 23.1 Å². The van der Waals surface area contributed by atoms with Crippen molar-refractivity contribution < 1.29 is 0 Å². The third-order valence-corrected chi connectivity index (χ3v) is 7.27. The Balaban J connectivity index is 1.53. The lowest BCUT2D eigenvalue weighted by molar-refractivity contribution is 1.05. The number of para-hydroxylation sites is 1. The predicted octanol–water partition coefficient (Wildman–Crippen LogP) is 10.0. The zero-order chi connectivity index (χ0) is 26.8. The number of aromatic nitrogens is 2. The minimum absolute atomic E-state index is 0.948. The van der Waals surface area contributed by atoms with Crippen LogP contribution < -0.4 is 0 Å². The Morgan fingerprint density at radius 3 is 2.10 bits per heavy atom. The second-order valence-corrected chi connectivity index (χ2v) is 9.72. The van der Waals surface area contributed by atoms with Crippen LogP contribution in [0.25, 0.3) is 62.4 Å². The lowest BCUT2D eigenvalue weighted by atomic mass is 9.99. The first kappa shape index (κ1) is 24.4. The summed E-state index contributed by atoms with van der Waals surface area (Å²) in [7, 11) is 0. The number of benzene rings is 4. The first-order chi connectivity index (χ1) is 19.2. The Bertz CT molecular complexity index is 1820. The van der Waals surface area contributed by atoms with Gasteiger partial charge in [-0.1, -0.05) is 110 Å². The summed E-state index contributed by atoms with van der Waals surface area (Å²) in [5, 5.41) is 1.26. The van der Waals surface area contributed by atoms with Crippen molar-refractivity contribution in [2.75, 3.05) is 0 Å². The summed E-state index contributed by atoms with van der Waals surface area (Å²) in [4.78, 5) is 5.15. The van der Waals surface area contributed by atoms with Gasteiger partial charge < -0.3 is 4.57 Å². The number of nitrogens with zero attached hydrogens (tertiary/aromatic N) is 2. The van der Waals surface area contributed by atoms with Crippen molar-refractivity contribution in [1.29, 1.82) is 0 Å². The van der Waals surface area contributed by atoms with Crippen molar-refractivity contribution in [3.8, 4) is 39.3 Å². The van der Waals surface area contributed by atoms with Gasteiger partial charge in [-0.3, -0.25) is 0 Å². The minimum atomic E-state index is 0.948. The van der Waals surface area contributed by atoms with Gasteiger partial charge in [-0.2, -0.15) is 0 Å². The molecular formula is C37H30N2. The molecule has 0 atom stereocenters. The molecular weight excluding hydrogens is 472 g/mol. The molecule has 0 aliphatic heterocycles. The molecule has 0 aliphatic rings. The third kappa shape index (κ3) is 4.62. The molecule has 2 nitrogen and oxygen atoms in total. The summed E-state index contributed by atoms with van der Waals surface area (Å²) >= 11 is 0. The second-order valence-electron chi connectivity index (χ2n) is 9.72. The largest absolute Gasteiger partial charge is 0.313 e. The second kappa shape index (κ2) is 10.4. The normalized spacial score (nSPS) is 11.3. The molecule has 188 valence electrons. The zero-order valence-corrected chi connectivity index (χ0v) is 22.3. The smallest absolute Gasteiger partial charge is 0.0716 e. The van der Waals surface area contributed by atoms with Gasteiger partial charge in [0.2, 0.25) is 0 Å². The monoisotopic (exact) mass is 502 g/mol. The first-order valence-corrected chi connectivity index (χ1v) is 13.3. The Morgan fingerprint density at radius 2 is 1.36 bits per heavy atom. The van der Waals surface area contributed by atoms with E-state index in [1.807, 2.05) is 12.1 Å². The number of fused-ring (bicyclic) bond motifs is 1. The molecule has 0 N–H and O–H groups in total. The fourth-order valence-corrected chi connectivity index (χ4v) is 5.32. The van der Waals surface area contributed by atoms with Gasteiger partial charge in [0.1, 0.15) is 0 Å². The van der Waals surface area contributed by atoms with Crippen LogP contribution in [0.1, 0.15) is 23.7 Å². The molecule has 0 bridgehead atoms. The van der Waals surface area contributed by atoms with Gasteiger partial charge in [-0.05, 0) is 60.9 Å². The van der Waals surface area contributed by atoms with E-state index in [1.54, 1.807) is 0 Å². The maximum atomic E-state index is 5.15. The number of hydrogen-bond donors (Lipinski definition) is 0. The lowest BCUT2D eigenvalue weighted by Crippen LogP contribution is -1.98. The molecule has 0 saturated carbocycles. The summed E-state index contributed by atoms with van der Waals surface area (Å²) < 4.78 is 2.35. The van der Waals surface area contributed by atoms with E-state index in [9.17, 15) is 0 Å². The van der Waals surface area contributed by atoms with Crippen LogP contribution in [0.3, 0.4) is 0 Å². The van der Waals surface area contributed by atoms with Crippen LogP contribution in [0.2, 0.25) is 0 Å². The Morgan fingerprint density at radius 1 is 0.667 bits per heavy atom. The average molecular weight is 503 g/mol. The molecule has 2 aromatic heterocycles. The van der Waals surface area contributed by atoms with Gasteiger partial charge >= 0.3 is 0 Å². The average Bonchev–Trinajstić information content (AvgIpc) is 3.28. The van der Waals surface area contributed by atoms with Crippen molar-refractivity contribution in [2.24, 2.45) is 0 Å². The molecule has 6 rings (SSSR count). The van der Waals surface area contributed by atoms with Crippen molar-refractivity contribution in [2.45, 2.75) is 13.8 Å². The quantitative estimate of drug-likeness (QED) is 0.221. The Kier molecular flexibility index (Phi) is 6.52. The Labute approximate surface area is 230 Å². The standard InChI is InChI=1S/C37H30N2/c1-4-12-33-26(3)39(37-18-10-9-17-34(33)37)32-16-11-15-30(23-32)36-25-31(28-21-19-27(5-2)20-22-28)24-35(38-36)29-13-7-6-8-14-29/h4-25H,2H2,1,3H3/b12-4-. The molecule has 2 heterocycles. The van der Waals surface area contributed by atoms with Gasteiger partial charge in [-0.25, -0.2) is 4.98 Å². The van der Waals surface area contributed by atoms with Crippen LogP contribution >= 0.6 is 0 Å². The SMILES string of the molecule is C=Cc1ccc(-c2cc(-c3ccccc3)nc(-c3cccc(-n4c(C)c(/C=C\C)c5ccccc54)c3)c2)cc1. The summed E-state index contributed by atoms with van der Waals surface area (Å²) in [6.45, 7) is 8.16. The van der Waals surface area contributed by atoms with Gasteiger partial charge in [0.15, 0.2) is 0 Å². The molecule has 0 amide bonds. The van der Waals surface area contributed by atoms with Gasteiger partial charge in [0.25, 0.3) is 0 Å². The minimum Gasteiger partial charge on any atom is -0.313 e. The van der Waals surface area contributed by atoms with E-state index in [1.165, 1.54) is 22.2 Å². The molecule has 6 aromatic rings. The highest BCUT2D eigenvalue weighted by molar-refractivity contribution is 5.93. The first-order valence-electron chi connectivity index (χ1n) is 13.3. The van der Waals surface area contributed by atoms with E-state index < -0.39 is 0 Å². The highest BCUT2D eigenvalue weighted by Crippen LogP contribution is 2.34. The topological polar surface area (TPSA) is 17.8 Å². The van der Waals surface area contributed by atoms with Crippen LogP contribution in [-0.2, 0) is 0 Å². The molecule has 0 aliphatic carbocycles. The predicted molar refractivity (Wildman–Crippen MR) is 167 cm³/mol. The van der Waals surface area contributed by atoms with E-state index in [0.717, 1.165) is 44.9 Å². The molecule has 0 radical (unpaired) electrons. The number of allylic oxidation sites excluding steroid dienone is 1. The fourth-order valence-electron chi connectivity index (χ4n) is 5.32. The van der Waals surface area contributed by atoms with E-state index in [-0.39, 0.29) is 0 Å². The maximum absolute atomic E-state index is 5.15. The number of hydrogen-bond acceptors (Lipinski definition) is 1. The van der Waals surface area contributed by atoms with E-state index in [4.69, 9.17) is 4.98 Å². The molecule has 0 unspecified atom stereocenters. The van der Waals surface area contributed by atoms with Gasteiger partial charge in [0.05, 0.1) is 16.9 Å². The van der Waals surface area contributed by atoms with Crippen molar-refractivity contribution in [3.05, 3.63) is 145 Å². The van der Waals surface area contributed by atoms with E-state index >= 15 is 0 Å². The third-order valence-electron chi connectivity index (χ3n) is 7.27. The van der Waals surface area contributed by atoms with Crippen molar-refractivity contribution in [1.82, 2.24) is 9.55 Å². The van der Waals surface area contributed by atoms with Gasteiger partial charge in [0, 0.05) is 33.5 Å². The molecule has 39 heavy (non-hydrogen) atoms. The molecule has 0 fully saturated rings. The van der Waals surface area contributed by atoms with Crippen LogP contribution in [0, 0.1) is 6.92 Å². The van der Waals surface area contributed by atoms with Crippen LogP contribution in [0.15, 0.2) is 128 Å². The number of pyridine rings is 1. The zero-order valence-electron chi connectivity index (χ0n) is 22.3. The molecule has 4 aromatic carbocycles. The van der Waals surface area contributed by atoms with Crippen LogP contribution in [0.5, 0.6) is 0 Å². The summed E-state index contributed by atoms with van der Waals surface area (Å²) in [5.41, 5.74) is 12.3. The summed E-state index contributed by atoms with van der Waals surface area (Å²) in [6, 6.07) is 40.6. The molecule has 0 saturated heterocycles. The maximum Gasteiger partial charge on any atom is 0.0716 e. The van der Waals surface area contributed by atoms with Crippen LogP contribution in [-0.4, -0.2) is 9.55 Å². The lowest BCUT2D eigenvalue weighted by Gasteiger charge is -2.13.